The summed E-state index contributed by atoms with van der Waals surface area (Å²) in [4.78, 5) is 15.7. The molecule has 0 radical (unpaired) electrons. The van der Waals surface area contributed by atoms with E-state index in [0.717, 1.165) is 25.4 Å². The number of nitrogens with zero attached hydrogens (tertiary/aromatic N) is 1. The molecule has 4 atom stereocenters. The molecule has 1 unspecified atom stereocenters. The van der Waals surface area contributed by atoms with Crippen LogP contribution in [0, 0.1) is 11.8 Å². The van der Waals surface area contributed by atoms with Gasteiger partial charge >= 0.3 is 6.03 Å². The molecule has 2 bridgehead atoms. The minimum atomic E-state index is 0.0541. The molecule has 194 valence electrons. The number of benzene rings is 1. The first-order valence-electron chi connectivity index (χ1n) is 14.7. The number of carbonyl (C=O) groups is 1. The van der Waals surface area contributed by atoms with E-state index >= 15 is 0 Å². The maximum absolute atomic E-state index is 13.0. The van der Waals surface area contributed by atoms with Gasteiger partial charge in [-0.05, 0) is 80.4 Å². The summed E-state index contributed by atoms with van der Waals surface area (Å²) in [5.41, 5.74) is 1.29. The molecule has 0 spiro atoms. The van der Waals surface area contributed by atoms with Gasteiger partial charge in [-0.15, -0.1) is 0 Å². The maximum Gasteiger partial charge on any atom is 0.315 e. The predicted octanol–water partition coefficient (Wildman–Crippen LogP) is 6.32. The van der Waals surface area contributed by atoms with Crippen molar-refractivity contribution < 1.29 is 9.90 Å². The Balaban J connectivity index is 1.19. The quantitative estimate of drug-likeness (QED) is 0.407. The number of nitrogens with one attached hydrogen (secondary N) is 2. The fourth-order valence-electron chi connectivity index (χ4n) is 7.75. The highest BCUT2D eigenvalue weighted by Gasteiger charge is 2.42. The van der Waals surface area contributed by atoms with Crippen LogP contribution in [-0.2, 0) is 0 Å². The third kappa shape index (κ3) is 6.72. The van der Waals surface area contributed by atoms with Crippen LogP contribution in [0.5, 0.6) is 5.75 Å². The molecule has 2 aliphatic heterocycles. The van der Waals surface area contributed by atoms with Gasteiger partial charge in [0.15, 0.2) is 0 Å². The Labute approximate surface area is 212 Å². The molecule has 3 N–H and O–H groups in total. The van der Waals surface area contributed by atoms with Crippen molar-refractivity contribution in [3.63, 3.8) is 0 Å². The lowest BCUT2D eigenvalue weighted by Gasteiger charge is -2.41. The molecule has 2 saturated heterocycles. The number of piperidine rings is 1. The Morgan fingerprint density at radius 2 is 1.57 bits per heavy atom. The van der Waals surface area contributed by atoms with Crippen molar-refractivity contribution in [3.8, 4) is 5.75 Å². The highest BCUT2D eigenvalue weighted by Crippen LogP contribution is 2.43. The minimum absolute atomic E-state index is 0.0541. The molecule has 2 saturated carbocycles. The lowest BCUT2D eigenvalue weighted by Crippen LogP contribution is -2.53. The number of hydrogen-bond donors (Lipinski definition) is 3. The monoisotopic (exact) mass is 481 g/mol. The Morgan fingerprint density at radius 3 is 2.23 bits per heavy atom. The number of rotatable bonds is 8. The van der Waals surface area contributed by atoms with Gasteiger partial charge in [0.05, 0.1) is 0 Å². The standard InChI is InChI=1S/C30H47N3O2/c34-29-13-7-12-24(19-29)25-17-27-14-15-28(18-25)33(27)21-26(16-22-8-3-1-4-9-22)32-30(35)31-20-23-10-5-2-6-11-23/h7,12-13,19,22-23,25-28,34H,1-6,8-11,14-18,20-21H2,(H2,31,32,35)/t25-,26?,27+,28-. The van der Waals surface area contributed by atoms with Gasteiger partial charge in [-0.3, -0.25) is 4.90 Å². The van der Waals surface area contributed by atoms with E-state index in [9.17, 15) is 9.90 Å². The summed E-state index contributed by atoms with van der Waals surface area (Å²) in [5, 5.41) is 16.7. The molecule has 0 aromatic heterocycles. The lowest BCUT2D eigenvalue weighted by atomic mass is 9.83. The Hall–Kier alpha value is -1.75. The highest BCUT2D eigenvalue weighted by atomic mass is 16.3. The molecule has 35 heavy (non-hydrogen) atoms. The fraction of sp³-hybridized carbons (Fsp3) is 0.767. The van der Waals surface area contributed by atoms with Gasteiger partial charge in [-0.2, -0.15) is 0 Å². The van der Waals surface area contributed by atoms with Gasteiger partial charge in [-0.25, -0.2) is 4.79 Å². The van der Waals surface area contributed by atoms with E-state index in [1.54, 1.807) is 6.07 Å². The van der Waals surface area contributed by atoms with Crippen molar-refractivity contribution >= 4 is 6.03 Å². The average Bonchev–Trinajstić information content (AvgIpc) is 3.09. The van der Waals surface area contributed by atoms with Crippen molar-refractivity contribution in [2.45, 2.75) is 120 Å². The molecule has 4 aliphatic rings. The average molecular weight is 482 g/mol. The summed E-state index contributed by atoms with van der Waals surface area (Å²) >= 11 is 0. The highest BCUT2D eigenvalue weighted by molar-refractivity contribution is 5.74. The number of hydrogen-bond acceptors (Lipinski definition) is 3. The SMILES string of the molecule is O=C(NCC1CCCCC1)NC(CC1CCCCC1)CN1[C@@H]2CC[C@H]1C[C@@H](c1cccc(O)c1)C2. The second-order valence-electron chi connectivity index (χ2n) is 12.1. The Bertz CT molecular complexity index is 804. The molecular weight excluding hydrogens is 434 g/mol. The smallest absolute Gasteiger partial charge is 0.315 e. The molecule has 5 rings (SSSR count). The number of carbonyl (C=O) groups excluding carboxylic acids is 1. The van der Waals surface area contributed by atoms with Gasteiger partial charge < -0.3 is 15.7 Å². The number of fused-ring (bicyclic) bond motifs is 2. The summed E-state index contributed by atoms with van der Waals surface area (Å²) in [6.07, 6.45) is 19.3. The van der Waals surface area contributed by atoms with E-state index in [1.807, 2.05) is 12.1 Å². The summed E-state index contributed by atoms with van der Waals surface area (Å²) in [7, 11) is 0. The van der Waals surface area contributed by atoms with Crippen molar-refractivity contribution in [3.05, 3.63) is 29.8 Å². The second kappa shape index (κ2) is 12.0. The third-order valence-electron chi connectivity index (χ3n) is 9.61. The largest absolute Gasteiger partial charge is 0.508 e. The lowest BCUT2D eigenvalue weighted by molar-refractivity contribution is 0.107. The van der Waals surface area contributed by atoms with Gasteiger partial charge in [-0.1, -0.05) is 63.5 Å². The molecule has 4 fully saturated rings. The van der Waals surface area contributed by atoms with Crippen LogP contribution < -0.4 is 10.6 Å². The summed E-state index contributed by atoms with van der Waals surface area (Å²) in [6, 6.07) is 9.39. The van der Waals surface area contributed by atoms with Crippen LogP contribution in [0.2, 0.25) is 0 Å². The molecular formula is C30H47N3O2. The van der Waals surface area contributed by atoms with Gasteiger partial charge in [0.2, 0.25) is 0 Å². The van der Waals surface area contributed by atoms with E-state index in [0.29, 0.717) is 29.7 Å². The van der Waals surface area contributed by atoms with Gasteiger partial charge in [0.25, 0.3) is 0 Å². The zero-order valence-electron chi connectivity index (χ0n) is 21.6. The van der Waals surface area contributed by atoms with E-state index < -0.39 is 0 Å². The molecule has 2 amide bonds. The van der Waals surface area contributed by atoms with Crippen LogP contribution in [-0.4, -0.2) is 47.3 Å². The van der Waals surface area contributed by atoms with E-state index in [2.05, 4.69) is 21.6 Å². The Morgan fingerprint density at radius 1 is 0.914 bits per heavy atom. The number of amides is 2. The molecule has 1 aromatic carbocycles. The van der Waals surface area contributed by atoms with Gasteiger partial charge in [0.1, 0.15) is 5.75 Å². The topological polar surface area (TPSA) is 64.6 Å². The molecule has 5 nitrogen and oxygen atoms in total. The van der Waals surface area contributed by atoms with Crippen LogP contribution in [0.15, 0.2) is 24.3 Å². The fourth-order valence-corrected chi connectivity index (χ4v) is 7.75. The minimum Gasteiger partial charge on any atom is -0.508 e. The first-order chi connectivity index (χ1) is 17.1. The van der Waals surface area contributed by atoms with Crippen LogP contribution in [0.4, 0.5) is 4.79 Å². The zero-order valence-corrected chi connectivity index (χ0v) is 21.6. The van der Waals surface area contributed by atoms with Crippen LogP contribution >= 0.6 is 0 Å². The number of phenolic OH excluding ortho intramolecular Hbond substituents is 1. The van der Waals surface area contributed by atoms with Crippen molar-refractivity contribution in [2.24, 2.45) is 11.8 Å². The second-order valence-corrected chi connectivity index (χ2v) is 12.1. The first-order valence-corrected chi connectivity index (χ1v) is 14.7. The van der Waals surface area contributed by atoms with Crippen LogP contribution in [0.1, 0.15) is 108 Å². The molecule has 2 aliphatic carbocycles. The van der Waals surface area contributed by atoms with Crippen LogP contribution in [0.3, 0.4) is 0 Å². The maximum atomic E-state index is 13.0. The summed E-state index contributed by atoms with van der Waals surface area (Å²) in [5.74, 6) is 2.35. The van der Waals surface area contributed by atoms with Crippen molar-refractivity contribution in [1.29, 1.82) is 0 Å². The van der Waals surface area contributed by atoms with Crippen LogP contribution in [0.25, 0.3) is 0 Å². The van der Waals surface area contributed by atoms with E-state index in [-0.39, 0.29) is 12.1 Å². The summed E-state index contributed by atoms with van der Waals surface area (Å²) < 4.78 is 0. The van der Waals surface area contributed by atoms with Crippen molar-refractivity contribution in [2.75, 3.05) is 13.1 Å². The number of phenols is 1. The predicted molar refractivity (Wildman–Crippen MR) is 142 cm³/mol. The first kappa shape index (κ1) is 24.9. The molecule has 5 heteroatoms. The van der Waals surface area contributed by atoms with E-state index in [1.165, 1.54) is 95.5 Å². The molecule has 2 heterocycles. The van der Waals surface area contributed by atoms with Gasteiger partial charge in [0, 0.05) is 31.2 Å². The number of urea groups is 1. The van der Waals surface area contributed by atoms with E-state index in [4.69, 9.17) is 0 Å². The number of aromatic hydroxyl groups is 1. The molecule has 1 aromatic rings. The normalized spacial score (nSPS) is 29.1. The third-order valence-corrected chi connectivity index (χ3v) is 9.61. The zero-order chi connectivity index (χ0) is 24.0. The van der Waals surface area contributed by atoms with Crippen molar-refractivity contribution in [1.82, 2.24) is 15.5 Å². The Kier molecular flexibility index (Phi) is 8.54. The summed E-state index contributed by atoms with van der Waals surface area (Å²) in [6.45, 7) is 1.83.